The molecular formula is C16H21NO3. The molecule has 1 saturated carbocycles. The van der Waals surface area contributed by atoms with Crippen molar-refractivity contribution in [1.29, 1.82) is 0 Å². The third-order valence-electron chi connectivity index (χ3n) is 4.65. The van der Waals surface area contributed by atoms with E-state index >= 15 is 0 Å². The molecule has 0 amide bonds. The van der Waals surface area contributed by atoms with Gasteiger partial charge in [0.1, 0.15) is 5.75 Å². The average molecular weight is 275 g/mol. The summed E-state index contributed by atoms with van der Waals surface area (Å²) in [5, 5.41) is 9.91. The molecule has 4 nitrogen and oxygen atoms in total. The number of Topliss-reactive ketones (excluding diaryl/α,β-unsaturated/α-hetero) is 1. The average Bonchev–Trinajstić information content (AvgIpc) is 3.01. The highest BCUT2D eigenvalue weighted by Crippen LogP contribution is 2.37. The van der Waals surface area contributed by atoms with Gasteiger partial charge in [-0.05, 0) is 30.9 Å². The predicted octanol–water partition coefficient (Wildman–Crippen LogP) is 1.58. The third kappa shape index (κ3) is 2.58. The first-order chi connectivity index (χ1) is 9.67. The molecule has 1 saturated heterocycles. The number of likely N-dealkylation sites (tertiary alicyclic amines) is 1. The minimum atomic E-state index is -0.170. The molecule has 0 spiro atoms. The molecule has 2 aliphatic rings. The summed E-state index contributed by atoms with van der Waals surface area (Å²) in [7, 11) is 1.60. The van der Waals surface area contributed by atoms with Crippen LogP contribution in [-0.2, 0) is 0 Å². The van der Waals surface area contributed by atoms with Crippen LogP contribution in [0.25, 0.3) is 0 Å². The number of carbonyl (C=O) groups excluding carboxylic acids is 1. The lowest BCUT2D eigenvalue weighted by molar-refractivity contribution is 0.0919. The second kappa shape index (κ2) is 5.54. The van der Waals surface area contributed by atoms with Crippen LogP contribution in [0.5, 0.6) is 5.75 Å². The van der Waals surface area contributed by atoms with Gasteiger partial charge in [-0.15, -0.1) is 0 Å². The van der Waals surface area contributed by atoms with E-state index in [-0.39, 0.29) is 11.9 Å². The van der Waals surface area contributed by atoms with Gasteiger partial charge in [0.05, 0.1) is 19.8 Å². The Kier molecular flexibility index (Phi) is 3.76. The molecule has 4 heteroatoms. The van der Waals surface area contributed by atoms with E-state index in [1.165, 1.54) is 0 Å². The number of ether oxygens (including phenoxy) is 1. The quantitative estimate of drug-likeness (QED) is 0.848. The van der Waals surface area contributed by atoms with Crippen LogP contribution in [0.15, 0.2) is 24.3 Å². The number of ketones is 1. The zero-order chi connectivity index (χ0) is 14.1. The molecule has 3 unspecified atom stereocenters. The first-order valence-corrected chi connectivity index (χ1v) is 7.25. The molecule has 0 radical (unpaired) electrons. The first-order valence-electron chi connectivity index (χ1n) is 7.25. The van der Waals surface area contributed by atoms with Gasteiger partial charge in [-0.1, -0.05) is 12.1 Å². The summed E-state index contributed by atoms with van der Waals surface area (Å²) in [6.45, 7) is 2.23. The van der Waals surface area contributed by atoms with E-state index in [9.17, 15) is 9.90 Å². The highest BCUT2D eigenvalue weighted by molar-refractivity contribution is 5.97. The van der Waals surface area contributed by atoms with Crippen LogP contribution in [0.1, 0.15) is 23.2 Å². The van der Waals surface area contributed by atoms with Crippen molar-refractivity contribution in [3.05, 3.63) is 29.8 Å². The van der Waals surface area contributed by atoms with Crippen LogP contribution in [-0.4, -0.2) is 48.6 Å². The Morgan fingerprint density at radius 3 is 3.00 bits per heavy atom. The smallest absolute Gasteiger partial charge is 0.176 e. The topological polar surface area (TPSA) is 49.8 Å². The second-order valence-electron chi connectivity index (χ2n) is 5.92. The Morgan fingerprint density at radius 2 is 2.25 bits per heavy atom. The van der Waals surface area contributed by atoms with E-state index in [2.05, 4.69) is 4.90 Å². The summed E-state index contributed by atoms with van der Waals surface area (Å²) in [6, 6.07) is 7.30. The van der Waals surface area contributed by atoms with Gasteiger partial charge in [0.25, 0.3) is 0 Å². The minimum absolute atomic E-state index is 0.123. The molecule has 1 aromatic carbocycles. The molecular weight excluding hydrogens is 254 g/mol. The number of hydrogen-bond donors (Lipinski definition) is 1. The SMILES string of the molecule is COc1cccc(C(=O)CN2CC3CCC(O)C3C2)c1. The fourth-order valence-corrected chi connectivity index (χ4v) is 3.55. The number of aliphatic hydroxyl groups is 1. The Balaban J connectivity index is 1.62. The van der Waals surface area contributed by atoms with Crippen LogP contribution in [0.3, 0.4) is 0 Å². The summed E-state index contributed by atoms with van der Waals surface area (Å²) in [6.07, 6.45) is 1.85. The van der Waals surface area contributed by atoms with Gasteiger partial charge >= 0.3 is 0 Å². The van der Waals surface area contributed by atoms with Gasteiger partial charge in [0.15, 0.2) is 5.78 Å². The maximum absolute atomic E-state index is 12.3. The van der Waals surface area contributed by atoms with Gasteiger partial charge in [-0.3, -0.25) is 9.69 Å². The molecule has 0 aromatic heterocycles. The minimum Gasteiger partial charge on any atom is -0.497 e. The van der Waals surface area contributed by atoms with E-state index in [0.717, 1.165) is 25.9 Å². The molecule has 1 aliphatic carbocycles. The van der Waals surface area contributed by atoms with Gasteiger partial charge in [0, 0.05) is 24.6 Å². The summed E-state index contributed by atoms with van der Waals surface area (Å²) in [5.74, 6) is 1.78. The number of fused-ring (bicyclic) bond motifs is 1. The van der Waals surface area contributed by atoms with Crippen molar-refractivity contribution in [3.8, 4) is 5.75 Å². The summed E-state index contributed by atoms with van der Waals surface area (Å²) in [4.78, 5) is 14.5. The number of benzene rings is 1. The molecule has 1 aromatic rings. The lowest BCUT2D eigenvalue weighted by atomic mass is 10.00. The predicted molar refractivity (Wildman–Crippen MR) is 76.0 cm³/mol. The number of nitrogens with zero attached hydrogens (tertiary/aromatic N) is 1. The Hall–Kier alpha value is -1.39. The fraction of sp³-hybridized carbons (Fsp3) is 0.562. The number of aliphatic hydroxyl groups excluding tert-OH is 1. The first kappa shape index (κ1) is 13.6. The highest BCUT2D eigenvalue weighted by Gasteiger charge is 2.42. The van der Waals surface area contributed by atoms with Crippen LogP contribution < -0.4 is 4.74 Å². The Bertz CT molecular complexity index is 502. The van der Waals surface area contributed by atoms with Crippen molar-refractivity contribution in [2.75, 3.05) is 26.7 Å². The molecule has 1 heterocycles. The second-order valence-corrected chi connectivity index (χ2v) is 5.92. The monoisotopic (exact) mass is 275 g/mol. The molecule has 0 bridgehead atoms. The van der Waals surface area contributed by atoms with E-state index in [1.54, 1.807) is 13.2 Å². The molecule has 3 rings (SSSR count). The fourth-order valence-electron chi connectivity index (χ4n) is 3.55. The van der Waals surface area contributed by atoms with Gasteiger partial charge in [-0.25, -0.2) is 0 Å². The number of hydrogen-bond acceptors (Lipinski definition) is 4. The van der Waals surface area contributed by atoms with Crippen molar-refractivity contribution < 1.29 is 14.6 Å². The van der Waals surface area contributed by atoms with E-state index in [4.69, 9.17) is 4.74 Å². The molecule has 1 N–H and O–H groups in total. The standard InChI is InChI=1S/C16H21NO3/c1-20-13-4-2-3-11(7-13)16(19)10-17-8-12-5-6-15(18)14(12)9-17/h2-4,7,12,14-15,18H,5-6,8-10H2,1H3. The van der Waals surface area contributed by atoms with Gasteiger partial charge in [-0.2, -0.15) is 0 Å². The Labute approximate surface area is 119 Å². The van der Waals surface area contributed by atoms with Gasteiger partial charge in [0.2, 0.25) is 0 Å². The molecule has 108 valence electrons. The van der Waals surface area contributed by atoms with Crippen molar-refractivity contribution in [3.63, 3.8) is 0 Å². The maximum Gasteiger partial charge on any atom is 0.176 e. The molecule has 3 atom stereocenters. The largest absolute Gasteiger partial charge is 0.497 e. The van der Waals surface area contributed by atoms with Crippen LogP contribution in [0.4, 0.5) is 0 Å². The summed E-state index contributed by atoms with van der Waals surface area (Å²) >= 11 is 0. The van der Waals surface area contributed by atoms with Gasteiger partial charge < -0.3 is 9.84 Å². The van der Waals surface area contributed by atoms with E-state index in [1.807, 2.05) is 18.2 Å². The van der Waals surface area contributed by atoms with Crippen molar-refractivity contribution in [2.24, 2.45) is 11.8 Å². The van der Waals surface area contributed by atoms with Crippen LogP contribution in [0, 0.1) is 11.8 Å². The molecule has 2 fully saturated rings. The van der Waals surface area contributed by atoms with Crippen LogP contribution in [0.2, 0.25) is 0 Å². The maximum atomic E-state index is 12.3. The normalized spacial score (nSPS) is 29.4. The zero-order valence-corrected chi connectivity index (χ0v) is 11.8. The molecule has 20 heavy (non-hydrogen) atoms. The summed E-state index contributed by atoms with van der Waals surface area (Å²) < 4.78 is 5.15. The van der Waals surface area contributed by atoms with Crippen molar-refractivity contribution in [1.82, 2.24) is 4.90 Å². The number of rotatable bonds is 4. The van der Waals surface area contributed by atoms with E-state index in [0.29, 0.717) is 29.7 Å². The van der Waals surface area contributed by atoms with Crippen LogP contribution >= 0.6 is 0 Å². The summed E-state index contributed by atoms with van der Waals surface area (Å²) in [5.41, 5.74) is 0.696. The molecule has 1 aliphatic heterocycles. The third-order valence-corrected chi connectivity index (χ3v) is 4.65. The number of methoxy groups -OCH3 is 1. The Morgan fingerprint density at radius 1 is 1.40 bits per heavy atom. The lowest BCUT2D eigenvalue weighted by Gasteiger charge is -2.17. The van der Waals surface area contributed by atoms with E-state index < -0.39 is 0 Å². The highest BCUT2D eigenvalue weighted by atomic mass is 16.5. The zero-order valence-electron chi connectivity index (χ0n) is 11.8. The number of carbonyl (C=O) groups is 1. The van der Waals surface area contributed by atoms with Crippen molar-refractivity contribution >= 4 is 5.78 Å². The van der Waals surface area contributed by atoms with Crippen molar-refractivity contribution in [2.45, 2.75) is 18.9 Å². The lowest BCUT2D eigenvalue weighted by Crippen LogP contribution is -2.30.